The predicted octanol–water partition coefficient (Wildman–Crippen LogP) is 5.41. The van der Waals surface area contributed by atoms with Crippen molar-refractivity contribution in [1.82, 2.24) is 20.4 Å². The molecule has 0 unspecified atom stereocenters. The molecule has 1 saturated carbocycles. The number of carbonyl (C=O) groups excluding carboxylic acids is 1. The Morgan fingerprint density at radius 3 is 2.61 bits per heavy atom. The molecule has 1 N–H and O–H groups in total. The largest absolute Gasteiger partial charge is 0.336 e. The molecule has 33 heavy (non-hydrogen) atoms. The highest BCUT2D eigenvalue weighted by Gasteiger charge is 2.66. The Morgan fingerprint density at radius 2 is 1.91 bits per heavy atom. The van der Waals surface area contributed by atoms with Crippen LogP contribution in [0, 0.1) is 23.0 Å². The van der Waals surface area contributed by atoms with Gasteiger partial charge in [0.15, 0.2) is 0 Å². The van der Waals surface area contributed by atoms with Gasteiger partial charge in [-0.3, -0.25) is 0 Å². The van der Waals surface area contributed by atoms with Crippen LogP contribution in [-0.4, -0.2) is 40.3 Å². The van der Waals surface area contributed by atoms with E-state index in [1.54, 1.807) is 0 Å². The lowest BCUT2D eigenvalue weighted by Gasteiger charge is -2.48. The molecule has 1 saturated heterocycles. The fourth-order valence-corrected chi connectivity index (χ4v) is 7.04. The van der Waals surface area contributed by atoms with Gasteiger partial charge in [0.05, 0.1) is 17.0 Å². The molecule has 0 radical (unpaired) electrons. The van der Waals surface area contributed by atoms with Gasteiger partial charge < -0.3 is 10.2 Å². The van der Waals surface area contributed by atoms with Crippen LogP contribution in [0.2, 0.25) is 0 Å². The standard InChI is InChI=1S/C26H32F2N4O/c1-15(2)29-24(33)32-12-6-7-16(14-32)26-11-10-18(25(26,3)4)17-13-21(30-31-23(17)26)22-19(27)8-5-9-20(22)28/h5,8-9,13,15-16,18H,6-7,10-12,14H2,1-4H3,(H,29,33)/t16-,18-,26-/m0/s1. The van der Waals surface area contributed by atoms with E-state index in [0.717, 1.165) is 43.5 Å². The zero-order valence-corrected chi connectivity index (χ0v) is 19.8. The molecule has 0 spiro atoms. The number of fused-ring (bicyclic) bond motifs is 5. The van der Waals surface area contributed by atoms with Crippen molar-refractivity contribution in [2.45, 2.75) is 70.8 Å². The van der Waals surface area contributed by atoms with E-state index in [-0.39, 0.29) is 46.0 Å². The first-order valence-electron chi connectivity index (χ1n) is 12.0. The summed E-state index contributed by atoms with van der Waals surface area (Å²) in [6, 6.07) is 5.82. The van der Waals surface area contributed by atoms with E-state index in [1.165, 1.54) is 18.2 Å². The second-order valence-electron chi connectivity index (χ2n) is 10.8. The first kappa shape index (κ1) is 22.2. The van der Waals surface area contributed by atoms with Crippen LogP contribution in [0.1, 0.15) is 70.6 Å². The van der Waals surface area contributed by atoms with Crippen molar-refractivity contribution in [3.63, 3.8) is 0 Å². The van der Waals surface area contributed by atoms with Gasteiger partial charge >= 0.3 is 6.03 Å². The molecular weight excluding hydrogens is 422 g/mol. The second-order valence-corrected chi connectivity index (χ2v) is 10.8. The lowest BCUT2D eigenvalue weighted by molar-refractivity contribution is 0.0674. The van der Waals surface area contributed by atoms with E-state index >= 15 is 0 Å². The number of hydrogen-bond acceptors (Lipinski definition) is 3. The number of rotatable bonds is 3. The average Bonchev–Trinajstić information content (AvgIpc) is 3.14. The molecule has 2 amide bonds. The molecule has 5 rings (SSSR count). The van der Waals surface area contributed by atoms with Crippen molar-refractivity contribution in [1.29, 1.82) is 0 Å². The van der Waals surface area contributed by atoms with Crippen molar-refractivity contribution in [2.24, 2.45) is 11.3 Å². The number of piperidine rings is 1. The minimum atomic E-state index is -0.625. The quantitative estimate of drug-likeness (QED) is 0.675. The maximum atomic E-state index is 14.5. The Morgan fingerprint density at radius 1 is 1.18 bits per heavy atom. The average molecular weight is 455 g/mol. The fraction of sp³-hybridized carbons (Fsp3) is 0.577. The molecule has 7 heteroatoms. The molecule has 2 bridgehead atoms. The molecule has 1 aliphatic heterocycles. The highest BCUT2D eigenvalue weighted by Crippen LogP contribution is 2.70. The van der Waals surface area contributed by atoms with Crippen LogP contribution < -0.4 is 5.32 Å². The van der Waals surface area contributed by atoms with Crippen LogP contribution in [-0.2, 0) is 5.41 Å². The number of nitrogens with one attached hydrogen (secondary N) is 1. The van der Waals surface area contributed by atoms with E-state index in [0.29, 0.717) is 6.54 Å². The molecule has 2 aromatic rings. The minimum Gasteiger partial charge on any atom is -0.336 e. The van der Waals surface area contributed by atoms with Gasteiger partial charge in [-0.05, 0) is 80.5 Å². The normalized spacial score (nSPS) is 27.7. The van der Waals surface area contributed by atoms with Gasteiger partial charge in [-0.2, -0.15) is 10.2 Å². The smallest absolute Gasteiger partial charge is 0.317 e. The molecule has 176 valence electrons. The lowest BCUT2D eigenvalue weighted by atomic mass is 9.59. The van der Waals surface area contributed by atoms with Crippen molar-refractivity contribution in [3.8, 4) is 11.3 Å². The summed E-state index contributed by atoms with van der Waals surface area (Å²) < 4.78 is 28.9. The SMILES string of the molecule is CC(C)NC(=O)N1CCC[C@H]([C@@]23CC[C@@H](c4cc(-c5c(F)cccc5F)nnc42)C3(C)C)C1. The Hall–Kier alpha value is -2.57. The molecule has 5 nitrogen and oxygen atoms in total. The number of amides is 2. The second kappa shape index (κ2) is 7.74. The summed E-state index contributed by atoms with van der Waals surface area (Å²) in [5.41, 5.74) is 1.92. The molecule has 3 atom stereocenters. The van der Waals surface area contributed by atoms with Gasteiger partial charge in [0, 0.05) is 24.5 Å². The van der Waals surface area contributed by atoms with Gasteiger partial charge in [-0.1, -0.05) is 19.9 Å². The van der Waals surface area contributed by atoms with Crippen LogP contribution >= 0.6 is 0 Å². The fourth-order valence-electron chi connectivity index (χ4n) is 7.04. The number of nitrogens with zero attached hydrogens (tertiary/aromatic N) is 3. The predicted molar refractivity (Wildman–Crippen MR) is 123 cm³/mol. The molecule has 2 aliphatic carbocycles. The van der Waals surface area contributed by atoms with Crippen molar-refractivity contribution in [3.05, 3.63) is 47.2 Å². The van der Waals surface area contributed by atoms with E-state index in [9.17, 15) is 13.6 Å². The first-order valence-corrected chi connectivity index (χ1v) is 12.0. The van der Waals surface area contributed by atoms with Crippen LogP contribution in [0.15, 0.2) is 24.3 Å². The number of carbonyl (C=O) groups is 1. The molecular formula is C26H32F2N4O. The number of halogens is 2. The van der Waals surface area contributed by atoms with E-state index in [2.05, 4.69) is 29.4 Å². The van der Waals surface area contributed by atoms with Crippen LogP contribution in [0.25, 0.3) is 11.3 Å². The van der Waals surface area contributed by atoms with Crippen molar-refractivity contribution >= 4 is 6.03 Å². The van der Waals surface area contributed by atoms with Gasteiger partial charge in [-0.15, -0.1) is 0 Å². The zero-order chi connectivity index (χ0) is 23.5. The summed E-state index contributed by atoms with van der Waals surface area (Å²) in [6.45, 7) is 9.99. The minimum absolute atomic E-state index is 0.00636. The third-order valence-corrected chi connectivity index (χ3v) is 8.51. The molecule has 1 aromatic heterocycles. The van der Waals surface area contributed by atoms with E-state index < -0.39 is 11.6 Å². The zero-order valence-electron chi connectivity index (χ0n) is 19.8. The maximum Gasteiger partial charge on any atom is 0.317 e. The number of likely N-dealkylation sites (tertiary alicyclic amines) is 1. The summed E-state index contributed by atoms with van der Waals surface area (Å²) in [5, 5.41) is 12.0. The first-order chi connectivity index (χ1) is 15.7. The van der Waals surface area contributed by atoms with Crippen molar-refractivity contribution in [2.75, 3.05) is 13.1 Å². The number of urea groups is 1. The van der Waals surface area contributed by atoms with E-state index in [4.69, 9.17) is 0 Å². The summed E-state index contributed by atoms with van der Waals surface area (Å²) in [6.07, 6.45) is 4.01. The highest BCUT2D eigenvalue weighted by molar-refractivity contribution is 5.74. The Kier molecular flexibility index (Phi) is 5.22. The van der Waals surface area contributed by atoms with E-state index in [1.807, 2.05) is 24.8 Å². The summed E-state index contributed by atoms with van der Waals surface area (Å²) in [4.78, 5) is 14.7. The topological polar surface area (TPSA) is 58.1 Å². The summed E-state index contributed by atoms with van der Waals surface area (Å²) >= 11 is 0. The van der Waals surface area contributed by atoms with Crippen LogP contribution in [0.5, 0.6) is 0 Å². The highest BCUT2D eigenvalue weighted by atomic mass is 19.1. The number of hydrogen-bond donors (Lipinski definition) is 1. The Labute approximate surface area is 194 Å². The van der Waals surface area contributed by atoms with Gasteiger partial charge in [0.1, 0.15) is 11.6 Å². The molecule has 1 aromatic carbocycles. The summed E-state index contributed by atoms with van der Waals surface area (Å²) in [5.74, 6) is -0.715. The molecule has 2 heterocycles. The third-order valence-electron chi connectivity index (χ3n) is 8.51. The Balaban J connectivity index is 1.54. The molecule has 2 fully saturated rings. The van der Waals surface area contributed by atoms with Crippen molar-refractivity contribution < 1.29 is 13.6 Å². The number of aromatic nitrogens is 2. The third kappa shape index (κ3) is 3.18. The lowest BCUT2D eigenvalue weighted by Crippen LogP contribution is -2.54. The van der Waals surface area contributed by atoms with Gasteiger partial charge in [0.25, 0.3) is 0 Å². The van der Waals surface area contributed by atoms with Crippen LogP contribution in [0.4, 0.5) is 13.6 Å². The van der Waals surface area contributed by atoms with Crippen LogP contribution in [0.3, 0.4) is 0 Å². The molecule has 3 aliphatic rings. The number of benzene rings is 1. The maximum absolute atomic E-state index is 14.5. The summed E-state index contributed by atoms with van der Waals surface area (Å²) in [7, 11) is 0. The van der Waals surface area contributed by atoms with Gasteiger partial charge in [0.2, 0.25) is 0 Å². The Bertz CT molecular complexity index is 1080. The monoisotopic (exact) mass is 454 g/mol. The van der Waals surface area contributed by atoms with Gasteiger partial charge in [-0.25, -0.2) is 13.6 Å².